The van der Waals surface area contributed by atoms with E-state index in [2.05, 4.69) is 22.5 Å². The zero-order valence-corrected chi connectivity index (χ0v) is 24.9. The third-order valence-electron chi connectivity index (χ3n) is 8.40. The smallest absolute Gasteiger partial charge is 0.407 e. The molecule has 8 nitrogen and oxygen atoms in total. The summed E-state index contributed by atoms with van der Waals surface area (Å²) in [6, 6.07) is 15.7. The zero-order valence-electron chi connectivity index (χ0n) is 24.9. The highest BCUT2D eigenvalue weighted by molar-refractivity contribution is 5.81. The Morgan fingerprint density at radius 1 is 0.814 bits per heavy atom. The molecule has 4 N–H and O–H groups in total. The van der Waals surface area contributed by atoms with Gasteiger partial charge in [0.05, 0.1) is 6.10 Å². The summed E-state index contributed by atoms with van der Waals surface area (Å²) >= 11 is 0. The number of nitrogens with one attached hydrogen (secondary N) is 2. The van der Waals surface area contributed by atoms with Gasteiger partial charge in [-0.25, -0.2) is 4.79 Å². The number of unbranched alkanes of at least 4 members (excludes halogenated alkanes) is 4. The number of hydrogen-bond donors (Lipinski definition) is 4. The number of aliphatic hydroxyl groups excluding tert-OH is 2. The van der Waals surface area contributed by atoms with Gasteiger partial charge in [-0.05, 0) is 62.1 Å². The van der Waals surface area contributed by atoms with Gasteiger partial charge < -0.3 is 25.6 Å². The van der Waals surface area contributed by atoms with E-state index >= 15 is 0 Å². The number of fused-ring (bicyclic) bond motifs is 2. The third kappa shape index (κ3) is 9.94. The van der Waals surface area contributed by atoms with Gasteiger partial charge in [0, 0.05) is 61.6 Å². The Kier molecular flexibility index (Phi) is 12.6. The fourth-order valence-electron chi connectivity index (χ4n) is 6.00. The lowest BCUT2D eigenvalue weighted by molar-refractivity contribution is -0.124. The van der Waals surface area contributed by atoms with Crippen LogP contribution in [-0.2, 0) is 20.7 Å². The molecule has 43 heavy (non-hydrogen) atoms. The number of ether oxygens (including phenoxy) is 1. The van der Waals surface area contributed by atoms with Crippen LogP contribution >= 0.6 is 0 Å². The van der Waals surface area contributed by atoms with Crippen LogP contribution < -0.4 is 10.6 Å². The van der Waals surface area contributed by atoms with Crippen LogP contribution in [0.25, 0.3) is 0 Å². The Morgan fingerprint density at radius 2 is 1.49 bits per heavy atom. The summed E-state index contributed by atoms with van der Waals surface area (Å²) in [6.45, 7) is 1.01. The number of ketones is 1. The maximum atomic E-state index is 12.6. The second kappa shape index (κ2) is 16.8. The lowest BCUT2D eigenvalue weighted by atomic mass is 9.90. The molecule has 0 aliphatic heterocycles. The van der Waals surface area contributed by atoms with Crippen molar-refractivity contribution in [1.82, 2.24) is 10.6 Å². The highest BCUT2D eigenvalue weighted by atomic mass is 16.6. The van der Waals surface area contributed by atoms with Crippen molar-refractivity contribution in [2.24, 2.45) is 11.8 Å². The second-order valence-corrected chi connectivity index (χ2v) is 11.6. The number of benzene rings is 2. The monoisotopic (exact) mass is 588 g/mol. The molecule has 0 heterocycles. The third-order valence-corrected chi connectivity index (χ3v) is 8.40. The first kappa shape index (κ1) is 32.2. The quantitative estimate of drug-likeness (QED) is 0.178. The van der Waals surface area contributed by atoms with Crippen molar-refractivity contribution in [1.29, 1.82) is 0 Å². The predicted molar refractivity (Wildman–Crippen MR) is 164 cm³/mol. The lowest BCUT2D eigenvalue weighted by Gasteiger charge is -2.22. The largest absolute Gasteiger partial charge is 0.441 e. The molecular weight excluding hydrogens is 544 g/mol. The molecule has 2 amide bonds. The van der Waals surface area contributed by atoms with E-state index in [1.165, 1.54) is 0 Å². The van der Waals surface area contributed by atoms with E-state index in [4.69, 9.17) is 4.74 Å². The summed E-state index contributed by atoms with van der Waals surface area (Å²) in [6.07, 6.45) is 5.76. The van der Waals surface area contributed by atoms with Gasteiger partial charge in [-0.3, -0.25) is 9.59 Å². The minimum Gasteiger partial charge on any atom is -0.441 e. The van der Waals surface area contributed by atoms with Crippen molar-refractivity contribution in [2.75, 3.05) is 19.7 Å². The van der Waals surface area contributed by atoms with Crippen molar-refractivity contribution >= 4 is 17.8 Å². The van der Waals surface area contributed by atoms with E-state index in [0.29, 0.717) is 45.2 Å². The van der Waals surface area contributed by atoms with E-state index in [1.54, 1.807) is 0 Å². The van der Waals surface area contributed by atoms with Crippen LogP contribution in [0, 0.1) is 23.7 Å². The maximum absolute atomic E-state index is 12.6. The summed E-state index contributed by atoms with van der Waals surface area (Å²) in [5.74, 6) is 6.26. The van der Waals surface area contributed by atoms with Crippen LogP contribution in [0.4, 0.5) is 4.79 Å². The fraction of sp³-hybridized carbons (Fsp3) is 0.514. The second-order valence-electron chi connectivity index (χ2n) is 11.6. The van der Waals surface area contributed by atoms with Gasteiger partial charge in [0.1, 0.15) is 11.9 Å². The molecule has 2 aliphatic rings. The molecular formula is C35H44N2O6. The molecule has 4 atom stereocenters. The lowest BCUT2D eigenvalue weighted by Crippen LogP contribution is -2.28. The molecule has 230 valence electrons. The number of Topliss-reactive ketones (excluding diaryl/α,β-unsaturated/α-hetero) is 1. The summed E-state index contributed by atoms with van der Waals surface area (Å²) in [5.41, 5.74) is 3.76. The summed E-state index contributed by atoms with van der Waals surface area (Å²) in [4.78, 5) is 37.2. The molecule has 8 heteroatoms. The van der Waals surface area contributed by atoms with E-state index in [9.17, 15) is 24.6 Å². The average Bonchev–Trinajstić information content (AvgIpc) is 3.39. The first-order valence-electron chi connectivity index (χ1n) is 15.7. The van der Waals surface area contributed by atoms with Crippen molar-refractivity contribution in [3.8, 4) is 11.8 Å². The van der Waals surface area contributed by atoms with Gasteiger partial charge in [0.25, 0.3) is 0 Å². The Hall–Kier alpha value is -3.67. The summed E-state index contributed by atoms with van der Waals surface area (Å²) in [7, 11) is 0. The van der Waals surface area contributed by atoms with Crippen molar-refractivity contribution in [3.05, 3.63) is 70.8 Å². The molecule has 4 rings (SSSR count). The van der Waals surface area contributed by atoms with E-state index in [0.717, 1.165) is 60.8 Å². The van der Waals surface area contributed by atoms with Crippen LogP contribution in [0.15, 0.2) is 48.5 Å². The molecule has 1 saturated carbocycles. The highest BCUT2D eigenvalue weighted by Crippen LogP contribution is 2.33. The highest BCUT2D eigenvalue weighted by Gasteiger charge is 2.36. The molecule has 0 saturated heterocycles. The number of alkyl carbamates (subject to hydrolysis) is 1. The summed E-state index contributed by atoms with van der Waals surface area (Å²) in [5, 5.41) is 25.0. The van der Waals surface area contributed by atoms with Crippen LogP contribution in [0.2, 0.25) is 0 Å². The molecule has 1 fully saturated rings. The van der Waals surface area contributed by atoms with Crippen molar-refractivity contribution < 1.29 is 29.3 Å². The number of amides is 2. The Morgan fingerprint density at radius 3 is 2.28 bits per heavy atom. The van der Waals surface area contributed by atoms with Gasteiger partial charge in [0.15, 0.2) is 0 Å². The average molecular weight is 589 g/mol. The first-order chi connectivity index (χ1) is 20.9. The molecule has 2 unspecified atom stereocenters. The molecule has 2 aromatic carbocycles. The number of carbonyl (C=O) groups excluding carboxylic acids is 3. The number of aliphatic hydroxyl groups is 2. The van der Waals surface area contributed by atoms with Crippen LogP contribution in [-0.4, -0.2) is 53.8 Å². The van der Waals surface area contributed by atoms with E-state index < -0.39 is 18.3 Å². The van der Waals surface area contributed by atoms with Gasteiger partial charge >= 0.3 is 6.09 Å². The van der Waals surface area contributed by atoms with Crippen molar-refractivity contribution in [2.45, 2.75) is 82.8 Å². The van der Waals surface area contributed by atoms with Gasteiger partial charge in [-0.1, -0.05) is 61.1 Å². The fourth-order valence-corrected chi connectivity index (χ4v) is 6.00. The normalized spacial score (nSPS) is 20.4. The van der Waals surface area contributed by atoms with Gasteiger partial charge in [-0.2, -0.15) is 0 Å². The number of carbonyl (C=O) groups is 3. The molecule has 0 bridgehead atoms. The Labute approximate surface area is 254 Å². The summed E-state index contributed by atoms with van der Waals surface area (Å²) < 4.78 is 5.86. The van der Waals surface area contributed by atoms with E-state index in [-0.39, 0.29) is 30.1 Å². The van der Waals surface area contributed by atoms with Crippen LogP contribution in [0.1, 0.15) is 92.6 Å². The van der Waals surface area contributed by atoms with E-state index in [1.807, 2.05) is 48.5 Å². The Balaban J connectivity index is 1.05. The first-order valence-corrected chi connectivity index (χ1v) is 15.7. The Bertz CT molecular complexity index is 1300. The van der Waals surface area contributed by atoms with Gasteiger partial charge in [-0.15, -0.1) is 0 Å². The van der Waals surface area contributed by atoms with Gasteiger partial charge in [0.2, 0.25) is 5.91 Å². The molecule has 0 aromatic heterocycles. The minimum absolute atomic E-state index is 0.0144. The SMILES string of the molecule is O=C(CCCCCNC(=O)OC1Cc2ccccc2C#Cc2ccccc21)NCCCCCC(=O)C1C[C@H](O)C[C@H]1CO. The van der Waals surface area contributed by atoms with Crippen LogP contribution in [0.3, 0.4) is 0 Å². The molecule has 2 aromatic rings. The standard InChI is InChI=1S/C35H44N2O6/c38-24-28-21-29(39)23-31(28)32(40)15-3-1-9-19-36-34(41)16-4-2-10-20-37-35(42)43-33-22-27-13-6-5-11-25(27)17-18-26-12-7-8-14-30(26)33/h5-8,11-14,28-29,31,33,38-39H,1-4,9-10,15-16,19-24H2,(H,36,41)(H,37,42)/t28-,29+,31?,33?/m0/s1. The van der Waals surface area contributed by atoms with Crippen LogP contribution in [0.5, 0.6) is 0 Å². The zero-order chi connectivity index (χ0) is 30.4. The molecule has 0 radical (unpaired) electrons. The van der Waals surface area contributed by atoms with Crippen molar-refractivity contribution in [3.63, 3.8) is 0 Å². The maximum Gasteiger partial charge on any atom is 0.407 e. The molecule has 2 aliphatic carbocycles. The topological polar surface area (TPSA) is 125 Å². The predicted octanol–water partition coefficient (Wildman–Crippen LogP) is 4.60. The number of rotatable bonds is 15. The minimum atomic E-state index is -0.483. The molecule has 0 spiro atoms. The number of hydrogen-bond acceptors (Lipinski definition) is 6.